The number of hydrogen-bond acceptors (Lipinski definition) is 8. The van der Waals surface area contributed by atoms with Gasteiger partial charge in [0.15, 0.2) is 0 Å². The predicted molar refractivity (Wildman–Crippen MR) is 74.2 cm³/mol. The van der Waals surface area contributed by atoms with Gasteiger partial charge < -0.3 is 14.5 Å². The summed E-state index contributed by atoms with van der Waals surface area (Å²) >= 11 is 0. The lowest BCUT2D eigenvalue weighted by molar-refractivity contribution is 0.206. The summed E-state index contributed by atoms with van der Waals surface area (Å²) in [6.45, 7) is 3.29. The first-order chi connectivity index (χ1) is 9.24. The number of likely N-dealkylation sites (N-methyl/N-ethyl adjacent to an activating group) is 1. The molecule has 1 aromatic heterocycles. The molecule has 0 saturated carbocycles. The number of hydrazine groups is 1. The Kier molecular flexibility index (Phi) is 4.69. The van der Waals surface area contributed by atoms with Crippen molar-refractivity contribution in [1.29, 1.82) is 0 Å². The molecule has 0 atom stereocenters. The van der Waals surface area contributed by atoms with Crippen molar-refractivity contribution in [2.24, 2.45) is 5.84 Å². The summed E-state index contributed by atoms with van der Waals surface area (Å²) in [5.41, 5.74) is 2.50. The quantitative estimate of drug-likeness (QED) is 0.542. The molecule has 1 aromatic rings. The van der Waals surface area contributed by atoms with Crippen LogP contribution in [0.15, 0.2) is 0 Å². The van der Waals surface area contributed by atoms with E-state index in [4.69, 9.17) is 10.6 Å². The summed E-state index contributed by atoms with van der Waals surface area (Å²) in [5.74, 6) is 7.09. The molecule has 0 amide bonds. The Morgan fingerprint density at radius 1 is 1.32 bits per heavy atom. The Labute approximate surface area is 112 Å². The van der Waals surface area contributed by atoms with Crippen molar-refractivity contribution in [2.45, 2.75) is 12.8 Å². The minimum absolute atomic E-state index is 0.385. The molecule has 106 valence electrons. The van der Waals surface area contributed by atoms with E-state index in [9.17, 15) is 0 Å². The lowest BCUT2D eigenvalue weighted by atomic mass is 10.4. The van der Waals surface area contributed by atoms with Crippen LogP contribution < -0.4 is 21.1 Å². The number of nitrogens with zero attached hydrogens (tertiary/aromatic N) is 5. The van der Waals surface area contributed by atoms with Gasteiger partial charge in [0.05, 0.1) is 6.61 Å². The topological polar surface area (TPSA) is 92.4 Å². The average molecular weight is 267 g/mol. The third kappa shape index (κ3) is 3.42. The van der Waals surface area contributed by atoms with E-state index in [2.05, 4.69) is 25.3 Å². The maximum Gasteiger partial charge on any atom is 0.243 e. The van der Waals surface area contributed by atoms with Gasteiger partial charge in [-0.2, -0.15) is 15.0 Å². The van der Waals surface area contributed by atoms with Crippen molar-refractivity contribution in [1.82, 2.24) is 15.0 Å². The van der Waals surface area contributed by atoms with Crippen LogP contribution in [0, 0.1) is 0 Å². The molecule has 2 rings (SSSR count). The second-order valence-electron chi connectivity index (χ2n) is 4.51. The molecule has 19 heavy (non-hydrogen) atoms. The molecule has 8 heteroatoms. The van der Waals surface area contributed by atoms with Gasteiger partial charge in [-0.05, 0) is 12.8 Å². The highest BCUT2D eigenvalue weighted by Gasteiger charge is 2.18. The number of nitrogen functional groups attached to an aromatic ring is 1. The van der Waals surface area contributed by atoms with Crippen molar-refractivity contribution in [3.8, 4) is 0 Å². The predicted octanol–water partition coefficient (Wildman–Crippen LogP) is -0.160. The summed E-state index contributed by atoms with van der Waals surface area (Å²) in [6.07, 6.45) is 2.35. The lowest BCUT2D eigenvalue weighted by Gasteiger charge is -2.20. The smallest absolute Gasteiger partial charge is 0.243 e. The van der Waals surface area contributed by atoms with Crippen LogP contribution in [-0.4, -0.2) is 55.4 Å². The number of nitrogens with one attached hydrogen (secondary N) is 1. The molecule has 0 bridgehead atoms. The van der Waals surface area contributed by atoms with E-state index < -0.39 is 0 Å². The maximum atomic E-state index is 5.42. The van der Waals surface area contributed by atoms with Crippen LogP contribution in [0.25, 0.3) is 0 Å². The molecule has 0 spiro atoms. The molecule has 1 aliphatic rings. The van der Waals surface area contributed by atoms with Crippen LogP contribution in [0.5, 0.6) is 0 Å². The maximum absolute atomic E-state index is 5.42. The highest BCUT2D eigenvalue weighted by Crippen LogP contribution is 2.19. The van der Waals surface area contributed by atoms with E-state index >= 15 is 0 Å². The van der Waals surface area contributed by atoms with Crippen LogP contribution in [0.2, 0.25) is 0 Å². The normalized spacial score (nSPS) is 14.8. The van der Waals surface area contributed by atoms with Gasteiger partial charge >= 0.3 is 0 Å². The Balaban J connectivity index is 2.19. The minimum Gasteiger partial charge on any atom is -0.383 e. The molecule has 0 aliphatic carbocycles. The van der Waals surface area contributed by atoms with Crippen molar-refractivity contribution in [2.75, 3.05) is 55.6 Å². The number of anilines is 3. The molecule has 2 heterocycles. The molecule has 8 nitrogen and oxygen atoms in total. The highest BCUT2D eigenvalue weighted by molar-refractivity contribution is 5.44. The Morgan fingerprint density at radius 3 is 2.68 bits per heavy atom. The van der Waals surface area contributed by atoms with E-state index in [1.807, 2.05) is 11.9 Å². The zero-order chi connectivity index (χ0) is 13.7. The molecular weight excluding hydrogens is 246 g/mol. The number of hydrogen-bond donors (Lipinski definition) is 2. The van der Waals surface area contributed by atoms with Gasteiger partial charge in [0.1, 0.15) is 0 Å². The highest BCUT2D eigenvalue weighted by atomic mass is 16.5. The van der Waals surface area contributed by atoms with Crippen LogP contribution in [0.3, 0.4) is 0 Å². The zero-order valence-electron chi connectivity index (χ0n) is 11.5. The van der Waals surface area contributed by atoms with Gasteiger partial charge in [0.2, 0.25) is 17.8 Å². The number of methoxy groups -OCH3 is 1. The monoisotopic (exact) mass is 267 g/mol. The Bertz CT molecular complexity index is 408. The van der Waals surface area contributed by atoms with Gasteiger partial charge in [-0.3, -0.25) is 5.43 Å². The molecule has 1 saturated heterocycles. The Hall–Kier alpha value is -1.67. The number of ether oxygens (including phenoxy) is 1. The van der Waals surface area contributed by atoms with E-state index in [1.165, 1.54) is 12.8 Å². The molecule has 0 unspecified atom stereocenters. The fourth-order valence-electron chi connectivity index (χ4n) is 1.98. The summed E-state index contributed by atoms with van der Waals surface area (Å²) in [6, 6.07) is 0. The molecule has 1 fully saturated rings. The van der Waals surface area contributed by atoms with Crippen molar-refractivity contribution in [3.63, 3.8) is 0 Å². The van der Waals surface area contributed by atoms with Gasteiger partial charge in [-0.25, -0.2) is 5.84 Å². The minimum atomic E-state index is 0.385. The fourth-order valence-corrected chi connectivity index (χ4v) is 1.98. The van der Waals surface area contributed by atoms with E-state index in [0.717, 1.165) is 13.1 Å². The van der Waals surface area contributed by atoms with E-state index in [0.29, 0.717) is 31.0 Å². The van der Waals surface area contributed by atoms with Gasteiger partial charge in [-0.15, -0.1) is 0 Å². The first-order valence-electron chi connectivity index (χ1n) is 6.42. The molecule has 0 radical (unpaired) electrons. The van der Waals surface area contributed by atoms with E-state index in [1.54, 1.807) is 7.11 Å². The third-order valence-corrected chi connectivity index (χ3v) is 3.10. The first kappa shape index (κ1) is 13.8. The molecule has 3 N–H and O–H groups in total. The third-order valence-electron chi connectivity index (χ3n) is 3.10. The fraction of sp³-hybridized carbons (Fsp3) is 0.727. The average Bonchev–Trinajstić information content (AvgIpc) is 2.98. The van der Waals surface area contributed by atoms with Crippen molar-refractivity contribution >= 4 is 17.8 Å². The second kappa shape index (κ2) is 6.48. The molecular formula is C11H21N7O. The summed E-state index contributed by atoms with van der Waals surface area (Å²) < 4.78 is 5.06. The number of nitrogens with two attached hydrogens (primary N) is 1. The standard InChI is InChI=1S/C11H21N7O/c1-17(7-8-19-2)10-13-9(16-12)14-11(15-10)18-5-3-4-6-18/h3-8,12H2,1-2H3,(H,13,14,15,16). The van der Waals surface area contributed by atoms with Crippen molar-refractivity contribution in [3.05, 3.63) is 0 Å². The zero-order valence-corrected chi connectivity index (χ0v) is 11.5. The van der Waals surface area contributed by atoms with Crippen LogP contribution in [-0.2, 0) is 4.74 Å². The first-order valence-corrected chi connectivity index (χ1v) is 6.42. The number of aromatic nitrogens is 3. The summed E-state index contributed by atoms with van der Waals surface area (Å²) in [7, 11) is 3.59. The van der Waals surface area contributed by atoms with Crippen LogP contribution in [0.1, 0.15) is 12.8 Å². The van der Waals surface area contributed by atoms with Gasteiger partial charge in [0, 0.05) is 33.8 Å². The van der Waals surface area contributed by atoms with Gasteiger partial charge in [-0.1, -0.05) is 0 Å². The molecule has 1 aliphatic heterocycles. The lowest BCUT2D eigenvalue weighted by Crippen LogP contribution is -2.28. The largest absolute Gasteiger partial charge is 0.383 e. The van der Waals surface area contributed by atoms with E-state index in [-0.39, 0.29) is 0 Å². The van der Waals surface area contributed by atoms with Gasteiger partial charge in [0.25, 0.3) is 0 Å². The number of rotatable bonds is 6. The Morgan fingerprint density at radius 2 is 2.05 bits per heavy atom. The SMILES string of the molecule is COCCN(C)c1nc(NN)nc(N2CCCC2)n1. The van der Waals surface area contributed by atoms with Crippen molar-refractivity contribution < 1.29 is 4.74 Å². The summed E-state index contributed by atoms with van der Waals surface area (Å²) in [4.78, 5) is 17.1. The van der Waals surface area contributed by atoms with Crippen LogP contribution >= 0.6 is 0 Å². The summed E-state index contributed by atoms with van der Waals surface area (Å²) in [5, 5.41) is 0. The van der Waals surface area contributed by atoms with Crippen LogP contribution in [0.4, 0.5) is 17.8 Å². The second-order valence-corrected chi connectivity index (χ2v) is 4.51. The molecule has 0 aromatic carbocycles.